The highest BCUT2D eigenvalue weighted by Crippen LogP contribution is 2.66. The monoisotopic (exact) mass is 495 g/mol. The number of carbonyl (C=O) groups excluding carboxylic acids is 1. The molecular formula is C30H41NO5. The van der Waals surface area contributed by atoms with E-state index in [0.717, 1.165) is 62.2 Å². The number of ether oxygens (including phenoxy) is 3. The third-order valence-electron chi connectivity index (χ3n) is 9.61. The predicted octanol–water partition coefficient (Wildman–Crippen LogP) is 5.68. The Hall–Kier alpha value is -2.05. The number of hydrogen-bond donors (Lipinski definition) is 1. The first-order chi connectivity index (χ1) is 17.5. The quantitative estimate of drug-likeness (QED) is 0.195. The van der Waals surface area contributed by atoms with Crippen LogP contribution in [0.25, 0.3) is 0 Å². The molecule has 4 unspecified atom stereocenters. The van der Waals surface area contributed by atoms with Crippen LogP contribution in [0.5, 0.6) is 11.5 Å². The van der Waals surface area contributed by atoms with Gasteiger partial charge < -0.3 is 19.3 Å². The summed E-state index contributed by atoms with van der Waals surface area (Å²) in [6, 6.07) is 4.02. The van der Waals surface area contributed by atoms with E-state index in [0.29, 0.717) is 24.5 Å². The van der Waals surface area contributed by atoms with Crippen molar-refractivity contribution in [1.82, 2.24) is 4.90 Å². The number of hydrogen-bond acceptors (Lipinski definition) is 6. The third kappa shape index (κ3) is 3.78. The summed E-state index contributed by atoms with van der Waals surface area (Å²) in [5.74, 6) is 1.80. The van der Waals surface area contributed by atoms with Crippen molar-refractivity contribution in [3.05, 3.63) is 35.4 Å². The van der Waals surface area contributed by atoms with Crippen LogP contribution in [0.2, 0.25) is 0 Å². The van der Waals surface area contributed by atoms with Gasteiger partial charge in [-0.05, 0) is 74.6 Å². The normalized spacial score (nSPS) is 32.1. The molecule has 6 nitrogen and oxygen atoms in total. The minimum atomic E-state index is -0.860. The van der Waals surface area contributed by atoms with Gasteiger partial charge >= 0.3 is 6.16 Å². The van der Waals surface area contributed by atoms with Crippen molar-refractivity contribution in [2.45, 2.75) is 107 Å². The second kappa shape index (κ2) is 9.36. The lowest BCUT2D eigenvalue weighted by molar-refractivity contribution is -0.174. The zero-order valence-electron chi connectivity index (χ0n) is 21.7. The van der Waals surface area contributed by atoms with Crippen molar-refractivity contribution < 1.29 is 24.1 Å². The Morgan fingerprint density at radius 3 is 2.81 bits per heavy atom. The molecular weight excluding hydrogens is 454 g/mol. The number of aliphatic hydroxyl groups is 1. The molecule has 2 saturated carbocycles. The molecule has 3 fully saturated rings. The molecule has 0 radical (unpaired) electrons. The second-order valence-electron chi connectivity index (χ2n) is 11.9. The fraction of sp³-hybridized carbons (Fsp3) is 0.700. The van der Waals surface area contributed by atoms with E-state index < -0.39 is 17.2 Å². The molecule has 6 heteroatoms. The van der Waals surface area contributed by atoms with E-state index in [2.05, 4.69) is 24.5 Å². The van der Waals surface area contributed by atoms with E-state index in [1.165, 1.54) is 44.1 Å². The molecule has 36 heavy (non-hydrogen) atoms. The maximum atomic E-state index is 12.5. The second-order valence-corrected chi connectivity index (χ2v) is 11.9. The number of unbranched alkanes of at least 4 members (excludes halogenated alkanes) is 5. The number of likely N-dealkylation sites (tertiary alicyclic amines) is 1. The van der Waals surface area contributed by atoms with E-state index in [4.69, 9.17) is 14.2 Å². The van der Waals surface area contributed by atoms with Crippen LogP contribution < -0.4 is 9.47 Å². The topological polar surface area (TPSA) is 68.2 Å². The first-order valence-corrected chi connectivity index (χ1v) is 14.3. The van der Waals surface area contributed by atoms with Crippen molar-refractivity contribution in [2.24, 2.45) is 5.92 Å². The molecule has 6 rings (SSSR count). The van der Waals surface area contributed by atoms with Gasteiger partial charge in [0.15, 0.2) is 11.5 Å². The molecule has 0 amide bonds. The van der Waals surface area contributed by atoms with Crippen LogP contribution in [0.3, 0.4) is 0 Å². The summed E-state index contributed by atoms with van der Waals surface area (Å²) < 4.78 is 17.7. The van der Waals surface area contributed by atoms with Gasteiger partial charge in [0.1, 0.15) is 6.10 Å². The van der Waals surface area contributed by atoms with Crippen LogP contribution in [-0.4, -0.2) is 53.6 Å². The summed E-state index contributed by atoms with van der Waals surface area (Å²) in [4.78, 5) is 15.1. The molecule has 2 heterocycles. The number of piperidine rings is 1. The Balaban J connectivity index is 1.22. The summed E-state index contributed by atoms with van der Waals surface area (Å²) in [5, 5.41) is 12.4. The lowest BCUT2D eigenvalue weighted by Crippen LogP contribution is -2.75. The van der Waals surface area contributed by atoms with Gasteiger partial charge in [-0.1, -0.05) is 51.7 Å². The smallest absolute Gasteiger partial charge is 0.481 e. The molecule has 4 atom stereocenters. The van der Waals surface area contributed by atoms with E-state index >= 15 is 0 Å². The van der Waals surface area contributed by atoms with Gasteiger partial charge in [-0.15, -0.1) is 0 Å². The Bertz CT molecular complexity index is 1030. The Morgan fingerprint density at radius 2 is 2.00 bits per heavy atom. The molecule has 1 spiro atoms. The minimum absolute atomic E-state index is 0.0959. The summed E-state index contributed by atoms with van der Waals surface area (Å²) in [7, 11) is 0. The molecule has 2 aliphatic heterocycles. The summed E-state index contributed by atoms with van der Waals surface area (Å²) in [5.41, 5.74) is 1.93. The standard InChI is InChI=1S/C30H41NO5/c1-3-4-5-6-7-8-17-34-28(32)35-23-12-11-22-18-24-30(33)14-13-20(2)27-29(30,25(22)26(23)36-27)15-16-31(24)19-21-9-10-21/h11-12,21,24,27,33H,2-10,13-19H2,1H3. The van der Waals surface area contributed by atoms with Crippen molar-refractivity contribution in [1.29, 1.82) is 0 Å². The Labute approximate surface area is 215 Å². The lowest BCUT2D eigenvalue weighted by Gasteiger charge is -2.63. The fourth-order valence-electron chi connectivity index (χ4n) is 7.62. The maximum absolute atomic E-state index is 12.5. The molecule has 1 aromatic carbocycles. The highest BCUT2D eigenvalue weighted by Gasteiger charge is 2.72. The molecule has 1 N–H and O–H groups in total. The Morgan fingerprint density at radius 1 is 1.19 bits per heavy atom. The molecule has 0 aromatic heterocycles. The maximum Gasteiger partial charge on any atom is 0.513 e. The highest BCUT2D eigenvalue weighted by molar-refractivity contribution is 5.70. The number of nitrogens with zero attached hydrogens (tertiary/aromatic N) is 1. The fourth-order valence-corrected chi connectivity index (χ4v) is 7.62. The van der Waals surface area contributed by atoms with E-state index in [1.54, 1.807) is 0 Å². The Kier molecular flexibility index (Phi) is 6.32. The first kappa shape index (κ1) is 24.3. The van der Waals surface area contributed by atoms with Crippen LogP contribution in [0.1, 0.15) is 88.7 Å². The van der Waals surface area contributed by atoms with Gasteiger partial charge in [0.05, 0.1) is 17.6 Å². The zero-order valence-corrected chi connectivity index (χ0v) is 21.7. The van der Waals surface area contributed by atoms with E-state index in [1.807, 2.05) is 6.07 Å². The van der Waals surface area contributed by atoms with Crippen molar-refractivity contribution >= 4 is 6.16 Å². The van der Waals surface area contributed by atoms with Crippen LogP contribution in [0.4, 0.5) is 4.79 Å². The van der Waals surface area contributed by atoms with Crippen LogP contribution >= 0.6 is 0 Å². The van der Waals surface area contributed by atoms with Crippen LogP contribution in [-0.2, 0) is 16.6 Å². The van der Waals surface area contributed by atoms with E-state index in [9.17, 15) is 9.90 Å². The van der Waals surface area contributed by atoms with Crippen LogP contribution in [0.15, 0.2) is 24.3 Å². The molecule has 1 aromatic rings. The number of rotatable bonds is 10. The van der Waals surface area contributed by atoms with Crippen molar-refractivity contribution in [3.63, 3.8) is 0 Å². The largest absolute Gasteiger partial charge is 0.513 e. The van der Waals surface area contributed by atoms with Gasteiger partial charge in [0, 0.05) is 18.2 Å². The highest BCUT2D eigenvalue weighted by atomic mass is 16.7. The molecule has 1 saturated heterocycles. The molecule has 3 aliphatic carbocycles. The zero-order chi connectivity index (χ0) is 24.9. The van der Waals surface area contributed by atoms with Crippen LogP contribution in [0, 0.1) is 5.92 Å². The van der Waals surface area contributed by atoms with Gasteiger partial charge in [0.25, 0.3) is 0 Å². The third-order valence-corrected chi connectivity index (χ3v) is 9.61. The number of benzene rings is 1. The van der Waals surface area contributed by atoms with Crippen molar-refractivity contribution in [2.75, 3.05) is 19.7 Å². The molecule has 196 valence electrons. The van der Waals surface area contributed by atoms with Gasteiger partial charge in [-0.25, -0.2) is 4.79 Å². The SMILES string of the molecule is C=C1CCC2(O)C3Cc4ccc(OC(=O)OCCCCCCCC)c5c4C2(CCN3CC2CC2)C1O5. The molecule has 5 aliphatic rings. The minimum Gasteiger partial charge on any atom is -0.481 e. The molecule has 2 bridgehead atoms. The van der Waals surface area contributed by atoms with Gasteiger partial charge in [0.2, 0.25) is 0 Å². The first-order valence-electron chi connectivity index (χ1n) is 14.3. The average molecular weight is 496 g/mol. The van der Waals surface area contributed by atoms with Crippen molar-refractivity contribution in [3.8, 4) is 11.5 Å². The predicted molar refractivity (Wildman–Crippen MR) is 138 cm³/mol. The number of carbonyl (C=O) groups is 1. The average Bonchev–Trinajstić information content (AvgIpc) is 3.60. The summed E-state index contributed by atoms with van der Waals surface area (Å²) >= 11 is 0. The summed E-state index contributed by atoms with van der Waals surface area (Å²) in [6.45, 7) is 8.98. The van der Waals surface area contributed by atoms with Gasteiger partial charge in [-0.3, -0.25) is 4.90 Å². The lowest BCUT2D eigenvalue weighted by atomic mass is 9.48. The van der Waals surface area contributed by atoms with Gasteiger partial charge in [-0.2, -0.15) is 0 Å². The summed E-state index contributed by atoms with van der Waals surface area (Å²) in [6.07, 6.45) is 11.6. The van der Waals surface area contributed by atoms with E-state index in [-0.39, 0.29) is 12.1 Å².